The van der Waals surface area contributed by atoms with Crippen LogP contribution in [0.4, 0.5) is 5.69 Å². The Hall–Kier alpha value is -5.79. The first-order valence-electron chi connectivity index (χ1n) is 16.0. The first-order chi connectivity index (χ1) is 23.4. The lowest BCUT2D eigenvalue weighted by Gasteiger charge is -2.60. The van der Waals surface area contributed by atoms with E-state index < -0.39 is 34.5 Å². The zero-order chi connectivity index (χ0) is 33.4. The van der Waals surface area contributed by atoms with E-state index in [-0.39, 0.29) is 11.3 Å². The molecule has 0 saturated carbocycles. The van der Waals surface area contributed by atoms with Crippen LogP contribution in [-0.2, 0) is 26.1 Å². The number of aliphatic hydroxyl groups is 1. The number of aromatic nitrogens is 1. The van der Waals surface area contributed by atoms with E-state index in [2.05, 4.69) is 10.6 Å². The maximum atomic E-state index is 15.3. The topological polar surface area (TPSA) is 114 Å². The van der Waals surface area contributed by atoms with Gasteiger partial charge in [-0.25, -0.2) is 4.98 Å². The molecular weight excluding hydrogens is 598 g/mol. The molecule has 0 aliphatic carbocycles. The zero-order valence-corrected chi connectivity index (χ0v) is 26.3. The molecule has 1 aliphatic heterocycles. The Labute approximate surface area is 278 Å². The Bertz CT molecular complexity index is 2070. The number of anilines is 1. The maximum Gasteiger partial charge on any atom is 0.240 e. The van der Waals surface area contributed by atoms with Crippen molar-refractivity contribution in [3.05, 3.63) is 180 Å². The molecule has 1 amide bonds. The van der Waals surface area contributed by atoms with Crippen molar-refractivity contribution in [3.63, 3.8) is 0 Å². The summed E-state index contributed by atoms with van der Waals surface area (Å²) in [6, 6.07) is 44.5. The summed E-state index contributed by atoms with van der Waals surface area (Å²) in [7, 11) is 0. The SMILES string of the molecule is CCC(NC(=O)C1(C(=O)[O-])c2ccccc2NC(c2ccccc2)(c2ccccc2)C1(O)c1ccc2ccccc2n1)c1ccccc1. The molecule has 6 aromatic rings. The number of amides is 1. The Morgan fingerprint density at radius 2 is 1.31 bits per heavy atom. The van der Waals surface area contributed by atoms with E-state index in [1.54, 1.807) is 42.5 Å². The van der Waals surface area contributed by atoms with E-state index in [9.17, 15) is 15.0 Å². The summed E-state index contributed by atoms with van der Waals surface area (Å²) in [6.07, 6.45) is 0.466. The van der Waals surface area contributed by atoms with E-state index >= 15 is 4.79 Å². The van der Waals surface area contributed by atoms with Crippen molar-refractivity contribution in [1.82, 2.24) is 10.3 Å². The van der Waals surface area contributed by atoms with E-state index in [1.165, 1.54) is 0 Å². The van der Waals surface area contributed by atoms with Gasteiger partial charge in [0.2, 0.25) is 5.91 Å². The molecule has 48 heavy (non-hydrogen) atoms. The number of carboxylic acid groups (broad SMARTS) is 1. The summed E-state index contributed by atoms with van der Waals surface area (Å²) in [5, 5.41) is 35.8. The molecule has 5 aromatic carbocycles. The van der Waals surface area contributed by atoms with E-state index in [4.69, 9.17) is 4.98 Å². The monoisotopic (exact) mass is 632 g/mol. The zero-order valence-electron chi connectivity index (χ0n) is 26.3. The van der Waals surface area contributed by atoms with Crippen molar-refractivity contribution in [1.29, 1.82) is 0 Å². The molecule has 0 saturated heterocycles. The van der Waals surface area contributed by atoms with Crippen molar-refractivity contribution in [2.24, 2.45) is 0 Å². The van der Waals surface area contributed by atoms with E-state index in [0.29, 0.717) is 28.8 Å². The van der Waals surface area contributed by atoms with Gasteiger partial charge >= 0.3 is 0 Å². The van der Waals surface area contributed by atoms with Gasteiger partial charge in [0.05, 0.1) is 23.2 Å². The predicted octanol–water partition coefficient (Wildman–Crippen LogP) is 5.75. The summed E-state index contributed by atoms with van der Waals surface area (Å²) in [5.74, 6) is -2.67. The highest BCUT2D eigenvalue weighted by molar-refractivity contribution is 6.12. The molecule has 1 aromatic heterocycles. The fourth-order valence-corrected chi connectivity index (χ4v) is 7.45. The molecule has 0 spiro atoms. The number of fused-ring (bicyclic) bond motifs is 2. The minimum absolute atomic E-state index is 0.0111. The third-order valence-electron chi connectivity index (χ3n) is 9.68. The van der Waals surface area contributed by atoms with Gasteiger partial charge in [0.25, 0.3) is 0 Å². The Morgan fingerprint density at radius 3 is 1.94 bits per heavy atom. The standard InChI is InChI=1S/C41H35N3O4/c1-2-33(28-16-6-3-7-17-28)43-37(45)39(38(46)47)32-23-13-15-25-35(32)44-40(30-19-8-4-9-20-30,31-21-10-5-11-22-31)41(39,48)36-27-26-29-18-12-14-24-34(29)42-36/h3-27,33,44,48H,2H2,1H3,(H,43,45)(H,46,47)/p-1. The average molecular weight is 633 g/mol. The van der Waals surface area contributed by atoms with Crippen molar-refractivity contribution in [2.45, 2.75) is 35.9 Å². The van der Waals surface area contributed by atoms with Crippen molar-refractivity contribution < 1.29 is 19.8 Å². The van der Waals surface area contributed by atoms with Gasteiger partial charge in [-0.15, -0.1) is 0 Å². The van der Waals surface area contributed by atoms with Crippen LogP contribution in [0.25, 0.3) is 10.9 Å². The summed E-state index contributed by atoms with van der Waals surface area (Å²) in [4.78, 5) is 34.6. The lowest BCUT2D eigenvalue weighted by atomic mass is 9.51. The van der Waals surface area contributed by atoms with E-state index in [0.717, 1.165) is 10.9 Å². The van der Waals surface area contributed by atoms with Crippen LogP contribution >= 0.6 is 0 Å². The van der Waals surface area contributed by atoms with Crippen LogP contribution in [0.2, 0.25) is 0 Å². The number of rotatable bonds is 8. The van der Waals surface area contributed by atoms with Crippen LogP contribution in [-0.4, -0.2) is 22.0 Å². The van der Waals surface area contributed by atoms with Gasteiger partial charge in [-0.05, 0) is 46.9 Å². The van der Waals surface area contributed by atoms with Crippen molar-refractivity contribution >= 4 is 28.5 Å². The molecule has 2 heterocycles. The largest absolute Gasteiger partial charge is 0.548 e. The molecule has 1 aliphatic rings. The molecule has 3 unspecified atom stereocenters. The van der Waals surface area contributed by atoms with Crippen LogP contribution in [0.3, 0.4) is 0 Å². The molecular formula is C41H34N3O4-. The Morgan fingerprint density at radius 1 is 0.750 bits per heavy atom. The second kappa shape index (κ2) is 12.1. The number of carboxylic acids is 1. The Balaban J connectivity index is 1.64. The van der Waals surface area contributed by atoms with Crippen LogP contribution < -0.4 is 15.7 Å². The quantitative estimate of drug-likeness (QED) is 0.184. The fourth-order valence-electron chi connectivity index (χ4n) is 7.45. The first-order valence-corrected chi connectivity index (χ1v) is 16.0. The number of hydrogen-bond acceptors (Lipinski definition) is 6. The van der Waals surface area contributed by atoms with Gasteiger partial charge in [-0.1, -0.05) is 140 Å². The smallest absolute Gasteiger partial charge is 0.240 e. The second-order valence-corrected chi connectivity index (χ2v) is 12.1. The third-order valence-corrected chi connectivity index (χ3v) is 9.68. The van der Waals surface area contributed by atoms with Crippen molar-refractivity contribution in [2.75, 3.05) is 5.32 Å². The summed E-state index contributed by atoms with van der Waals surface area (Å²) < 4.78 is 0. The molecule has 3 atom stereocenters. The summed E-state index contributed by atoms with van der Waals surface area (Å²) >= 11 is 0. The number of carbonyl (C=O) groups excluding carboxylic acids is 2. The number of carbonyl (C=O) groups is 2. The minimum atomic E-state index is -2.72. The summed E-state index contributed by atoms with van der Waals surface area (Å²) in [5.41, 5.74) is -4.33. The Kier molecular flexibility index (Phi) is 7.77. The number of para-hydroxylation sites is 2. The van der Waals surface area contributed by atoms with Gasteiger partial charge in [0.1, 0.15) is 5.54 Å². The first kappa shape index (κ1) is 30.8. The highest BCUT2D eigenvalue weighted by atomic mass is 16.4. The fraction of sp³-hybridized carbons (Fsp3) is 0.146. The number of nitrogens with zero attached hydrogens (tertiary/aromatic N) is 1. The molecule has 238 valence electrons. The van der Waals surface area contributed by atoms with Crippen molar-refractivity contribution in [3.8, 4) is 0 Å². The second-order valence-electron chi connectivity index (χ2n) is 12.1. The summed E-state index contributed by atoms with van der Waals surface area (Å²) in [6.45, 7) is 1.91. The van der Waals surface area contributed by atoms with Gasteiger partial charge in [0, 0.05) is 11.1 Å². The number of benzene rings is 5. The van der Waals surface area contributed by atoms with Crippen LogP contribution in [0.15, 0.2) is 152 Å². The highest BCUT2D eigenvalue weighted by Gasteiger charge is 2.73. The van der Waals surface area contributed by atoms with E-state index in [1.807, 2.05) is 116 Å². The molecule has 7 heteroatoms. The lowest BCUT2D eigenvalue weighted by Crippen LogP contribution is -2.76. The van der Waals surface area contributed by atoms with Crippen LogP contribution in [0, 0.1) is 0 Å². The normalized spacial score (nSPS) is 20.2. The number of hydrogen-bond donors (Lipinski definition) is 3. The molecule has 0 bridgehead atoms. The van der Waals surface area contributed by atoms with Crippen LogP contribution in [0.5, 0.6) is 0 Å². The molecule has 7 rings (SSSR count). The average Bonchev–Trinajstić information content (AvgIpc) is 3.14. The van der Waals surface area contributed by atoms with Crippen LogP contribution in [0.1, 0.15) is 47.3 Å². The predicted molar refractivity (Wildman–Crippen MR) is 184 cm³/mol. The number of aliphatic carboxylic acids is 1. The highest BCUT2D eigenvalue weighted by Crippen LogP contribution is 2.61. The van der Waals surface area contributed by atoms with Gasteiger partial charge < -0.3 is 25.6 Å². The molecule has 0 radical (unpaired) electrons. The minimum Gasteiger partial charge on any atom is -0.548 e. The lowest BCUT2D eigenvalue weighted by molar-refractivity contribution is -0.321. The molecule has 3 N–H and O–H groups in total. The maximum absolute atomic E-state index is 15.3. The third kappa shape index (κ3) is 4.42. The van der Waals surface area contributed by atoms with Gasteiger partial charge in [-0.2, -0.15) is 0 Å². The number of nitrogens with one attached hydrogen (secondary N) is 2. The molecule has 7 nitrogen and oxygen atoms in total. The van der Waals surface area contributed by atoms with Gasteiger partial charge in [0.15, 0.2) is 11.0 Å². The number of pyridine rings is 1. The van der Waals surface area contributed by atoms with Gasteiger partial charge in [-0.3, -0.25) is 4.79 Å². The molecule has 0 fully saturated rings.